The van der Waals surface area contributed by atoms with Crippen LogP contribution in [0.15, 0.2) is 35.8 Å². The number of nitrogens with zero attached hydrogens (tertiary/aromatic N) is 2. The molecule has 1 rings (SSSR count). The van der Waals surface area contributed by atoms with Crippen LogP contribution in [0.1, 0.15) is 11.1 Å². The largest absolute Gasteiger partial charge is 0.332 e. The van der Waals surface area contributed by atoms with Gasteiger partial charge < -0.3 is 5.32 Å². The fourth-order valence-corrected chi connectivity index (χ4v) is 1.10. The first-order valence-electron chi connectivity index (χ1n) is 4.57. The van der Waals surface area contributed by atoms with Crippen LogP contribution in [-0.2, 0) is 0 Å². The van der Waals surface area contributed by atoms with Crippen LogP contribution in [0.2, 0.25) is 0 Å². The van der Waals surface area contributed by atoms with Crippen molar-refractivity contribution in [2.24, 2.45) is 4.99 Å². The Hall–Kier alpha value is -2.08. The van der Waals surface area contributed by atoms with Gasteiger partial charge >= 0.3 is 0 Å². The van der Waals surface area contributed by atoms with E-state index in [4.69, 9.17) is 5.26 Å². The Morgan fingerprint density at radius 2 is 2.00 bits per heavy atom. The fourth-order valence-electron chi connectivity index (χ4n) is 1.10. The maximum atomic E-state index is 8.68. The first kappa shape index (κ1) is 11.0. The average Bonchev–Trinajstić information content (AvgIpc) is 2.26. The number of aliphatic imine (C=N–C) groups is 1. The number of amidine groups is 1. The van der Waals surface area contributed by atoms with Gasteiger partial charge in [-0.25, -0.2) is 0 Å². The molecule has 15 heavy (non-hydrogen) atoms. The van der Waals surface area contributed by atoms with Crippen molar-refractivity contribution in [2.45, 2.75) is 6.92 Å². The first-order valence-corrected chi connectivity index (χ1v) is 4.57. The molecule has 0 radical (unpaired) electrons. The van der Waals surface area contributed by atoms with Crippen LogP contribution in [0.25, 0.3) is 5.70 Å². The predicted octanol–water partition coefficient (Wildman–Crippen LogP) is 2.11. The summed E-state index contributed by atoms with van der Waals surface area (Å²) in [5.74, 6) is 0.264. The molecule has 0 heterocycles. The van der Waals surface area contributed by atoms with Gasteiger partial charge in [0.25, 0.3) is 0 Å². The van der Waals surface area contributed by atoms with Crippen molar-refractivity contribution in [3.63, 3.8) is 0 Å². The molecule has 0 amide bonds. The van der Waals surface area contributed by atoms with Gasteiger partial charge in [-0.3, -0.25) is 4.99 Å². The van der Waals surface area contributed by atoms with Crippen molar-refractivity contribution in [1.29, 1.82) is 5.26 Å². The summed E-state index contributed by atoms with van der Waals surface area (Å²) in [7, 11) is 1.56. The second-order valence-electron chi connectivity index (χ2n) is 3.15. The van der Waals surface area contributed by atoms with Crippen LogP contribution < -0.4 is 5.32 Å². The minimum Gasteiger partial charge on any atom is -0.332 e. The van der Waals surface area contributed by atoms with E-state index in [1.54, 1.807) is 7.05 Å². The molecular formula is C12H13N3. The van der Waals surface area contributed by atoms with Gasteiger partial charge in [0.1, 0.15) is 6.07 Å². The molecular weight excluding hydrogens is 186 g/mol. The number of hydrogen-bond acceptors (Lipinski definition) is 2. The van der Waals surface area contributed by atoms with Gasteiger partial charge in [-0.1, -0.05) is 36.4 Å². The molecule has 0 aromatic heterocycles. The molecule has 0 aliphatic rings. The smallest absolute Gasteiger partial charge is 0.205 e. The van der Waals surface area contributed by atoms with Gasteiger partial charge in [0.2, 0.25) is 5.84 Å². The van der Waals surface area contributed by atoms with E-state index in [1.807, 2.05) is 37.3 Å². The highest BCUT2D eigenvalue weighted by Gasteiger charge is 2.00. The molecule has 1 N–H and O–H groups in total. The number of rotatable bonds is 2. The molecule has 0 unspecified atom stereocenters. The summed E-state index contributed by atoms with van der Waals surface area (Å²) in [5.41, 5.74) is 2.82. The molecule has 0 fully saturated rings. The Bertz CT molecular complexity index is 421. The van der Waals surface area contributed by atoms with E-state index in [-0.39, 0.29) is 5.84 Å². The Morgan fingerprint density at radius 3 is 2.47 bits per heavy atom. The summed E-state index contributed by atoms with van der Waals surface area (Å²) in [4.78, 5) is 3.77. The molecule has 0 aliphatic heterocycles. The molecule has 0 atom stereocenters. The Balaban J connectivity index is 2.79. The number of nitrogens with one attached hydrogen (secondary N) is 1. The van der Waals surface area contributed by atoms with Gasteiger partial charge in [0.15, 0.2) is 0 Å². The quantitative estimate of drug-likeness (QED) is 0.585. The second-order valence-corrected chi connectivity index (χ2v) is 3.15. The lowest BCUT2D eigenvalue weighted by Gasteiger charge is -2.07. The molecule has 3 nitrogen and oxygen atoms in total. The lowest BCUT2D eigenvalue weighted by atomic mass is 10.1. The van der Waals surface area contributed by atoms with Crippen LogP contribution in [0.5, 0.6) is 0 Å². The molecule has 0 aliphatic carbocycles. The monoisotopic (exact) mass is 199 g/mol. The van der Waals surface area contributed by atoms with Crippen molar-refractivity contribution < 1.29 is 0 Å². The van der Waals surface area contributed by atoms with Crippen molar-refractivity contribution in [2.75, 3.05) is 7.05 Å². The normalized spacial score (nSPS) is 10.6. The maximum Gasteiger partial charge on any atom is 0.205 e. The third-order valence-corrected chi connectivity index (χ3v) is 2.00. The minimum absolute atomic E-state index is 0.264. The number of hydrogen-bond donors (Lipinski definition) is 1. The minimum atomic E-state index is 0.264. The zero-order chi connectivity index (χ0) is 11.3. The summed E-state index contributed by atoms with van der Waals surface area (Å²) < 4.78 is 0. The topological polar surface area (TPSA) is 48.2 Å². The summed E-state index contributed by atoms with van der Waals surface area (Å²) in [6.45, 7) is 5.87. The van der Waals surface area contributed by atoms with Crippen molar-refractivity contribution in [1.82, 2.24) is 5.32 Å². The highest BCUT2D eigenvalue weighted by atomic mass is 15.0. The average molecular weight is 199 g/mol. The van der Waals surface area contributed by atoms with Crippen molar-refractivity contribution in [3.8, 4) is 6.07 Å². The Morgan fingerprint density at radius 1 is 1.40 bits per heavy atom. The van der Waals surface area contributed by atoms with Gasteiger partial charge in [-0.05, 0) is 12.5 Å². The van der Waals surface area contributed by atoms with Crippen LogP contribution >= 0.6 is 0 Å². The van der Waals surface area contributed by atoms with Gasteiger partial charge in [0, 0.05) is 12.7 Å². The van der Waals surface area contributed by atoms with Crippen molar-refractivity contribution >= 4 is 11.5 Å². The van der Waals surface area contributed by atoms with E-state index in [1.165, 1.54) is 5.56 Å². The van der Waals surface area contributed by atoms with Gasteiger partial charge in [0.05, 0.1) is 0 Å². The maximum absolute atomic E-state index is 8.68. The highest BCUT2D eigenvalue weighted by molar-refractivity contribution is 6.01. The second kappa shape index (κ2) is 4.97. The van der Waals surface area contributed by atoms with E-state index in [2.05, 4.69) is 16.9 Å². The third-order valence-electron chi connectivity index (χ3n) is 2.00. The molecule has 0 spiro atoms. The highest BCUT2D eigenvalue weighted by Crippen LogP contribution is 2.10. The van der Waals surface area contributed by atoms with Gasteiger partial charge in [-0.2, -0.15) is 5.26 Å². The Kier molecular flexibility index (Phi) is 3.64. The molecule has 0 saturated heterocycles. The van der Waals surface area contributed by atoms with E-state index in [0.717, 1.165) is 5.56 Å². The SMILES string of the molecule is C=C(NC(C#N)=NC)c1ccc(C)cc1. The number of nitriles is 1. The fraction of sp³-hybridized carbons (Fsp3) is 0.167. The first-order chi connectivity index (χ1) is 7.17. The third kappa shape index (κ3) is 2.96. The lowest BCUT2D eigenvalue weighted by molar-refractivity contribution is 1.25. The summed E-state index contributed by atoms with van der Waals surface area (Å²) in [5, 5.41) is 11.5. The molecule has 0 bridgehead atoms. The van der Waals surface area contributed by atoms with Crippen LogP contribution in [0, 0.1) is 18.3 Å². The molecule has 1 aromatic carbocycles. The standard InChI is InChI=1S/C12H13N3/c1-9-4-6-11(7-5-9)10(2)15-12(8-13)14-3/h4-7H,2H2,1,3H3,(H,14,15). The van der Waals surface area contributed by atoms with E-state index < -0.39 is 0 Å². The number of benzene rings is 1. The van der Waals surface area contributed by atoms with Crippen LogP contribution in [-0.4, -0.2) is 12.9 Å². The molecule has 1 aromatic rings. The van der Waals surface area contributed by atoms with Gasteiger partial charge in [-0.15, -0.1) is 0 Å². The lowest BCUT2D eigenvalue weighted by Crippen LogP contribution is -2.19. The summed E-state index contributed by atoms with van der Waals surface area (Å²) in [6.07, 6.45) is 0. The Labute approximate surface area is 89.8 Å². The van der Waals surface area contributed by atoms with E-state index in [9.17, 15) is 0 Å². The summed E-state index contributed by atoms with van der Waals surface area (Å²) >= 11 is 0. The molecule has 76 valence electrons. The van der Waals surface area contributed by atoms with Crippen molar-refractivity contribution in [3.05, 3.63) is 42.0 Å². The van der Waals surface area contributed by atoms with E-state index >= 15 is 0 Å². The zero-order valence-corrected chi connectivity index (χ0v) is 8.91. The number of aryl methyl sites for hydroxylation is 1. The molecule has 3 heteroatoms. The predicted molar refractivity (Wildman–Crippen MR) is 62.3 cm³/mol. The van der Waals surface area contributed by atoms with Crippen LogP contribution in [0.3, 0.4) is 0 Å². The summed E-state index contributed by atoms with van der Waals surface area (Å²) in [6, 6.07) is 9.84. The molecule has 0 saturated carbocycles. The van der Waals surface area contributed by atoms with Crippen LogP contribution in [0.4, 0.5) is 0 Å². The zero-order valence-electron chi connectivity index (χ0n) is 8.91. The van der Waals surface area contributed by atoms with E-state index in [0.29, 0.717) is 5.70 Å².